The van der Waals surface area contributed by atoms with Gasteiger partial charge in [0.15, 0.2) is 5.84 Å². The fraction of sp³-hybridized carbons (Fsp3) is 0.100. The molecule has 2 aliphatic rings. The van der Waals surface area contributed by atoms with E-state index in [0.717, 1.165) is 92.4 Å². The molecule has 216 valence electrons. The molecular weight excluding hydrogens is 554 g/mol. The van der Waals surface area contributed by atoms with E-state index < -0.39 is 0 Å². The van der Waals surface area contributed by atoms with Crippen LogP contribution in [0.2, 0.25) is 0 Å². The van der Waals surface area contributed by atoms with E-state index in [1.807, 2.05) is 36.4 Å². The zero-order chi connectivity index (χ0) is 30.1. The second-order valence-electron chi connectivity index (χ2n) is 11.9. The van der Waals surface area contributed by atoms with Gasteiger partial charge in [0.2, 0.25) is 0 Å². The third kappa shape index (κ3) is 4.08. The van der Waals surface area contributed by atoms with Crippen LogP contribution in [0.3, 0.4) is 0 Å². The summed E-state index contributed by atoms with van der Waals surface area (Å²) in [5, 5.41) is 15.5. The van der Waals surface area contributed by atoms with E-state index in [2.05, 4.69) is 77.8 Å². The van der Waals surface area contributed by atoms with Crippen molar-refractivity contribution in [2.24, 2.45) is 10.7 Å². The number of nitrogens with zero attached hydrogens (tertiary/aromatic N) is 1. The Morgan fingerprint density at radius 1 is 0.733 bits per heavy atom. The first-order valence-corrected chi connectivity index (χ1v) is 15.4. The van der Waals surface area contributed by atoms with Crippen LogP contribution in [0.4, 0.5) is 0 Å². The van der Waals surface area contributed by atoms with Crippen molar-refractivity contribution in [2.45, 2.75) is 25.7 Å². The molecule has 0 bridgehead atoms. The van der Waals surface area contributed by atoms with Crippen LogP contribution in [0.25, 0.3) is 66.3 Å². The van der Waals surface area contributed by atoms with E-state index in [0.29, 0.717) is 5.84 Å². The lowest BCUT2D eigenvalue weighted by Crippen LogP contribution is -2.18. The number of aryl methyl sites for hydroxylation is 2. The van der Waals surface area contributed by atoms with Crippen LogP contribution in [0, 0.1) is 5.41 Å². The Hall–Kier alpha value is -5.68. The molecule has 0 amide bonds. The van der Waals surface area contributed by atoms with Gasteiger partial charge in [-0.3, -0.25) is 5.41 Å². The molecule has 0 unspecified atom stereocenters. The quantitative estimate of drug-likeness (QED) is 0.160. The van der Waals surface area contributed by atoms with Gasteiger partial charge >= 0.3 is 0 Å². The van der Waals surface area contributed by atoms with Crippen molar-refractivity contribution < 1.29 is 8.83 Å². The van der Waals surface area contributed by atoms with Crippen molar-refractivity contribution in [1.82, 2.24) is 0 Å². The molecular formula is C40H29N3O2. The fourth-order valence-corrected chi connectivity index (χ4v) is 7.10. The maximum Gasteiger partial charge on any atom is 0.154 e. The van der Waals surface area contributed by atoms with Gasteiger partial charge in [-0.05, 0) is 69.8 Å². The first kappa shape index (κ1) is 25.8. The normalized spacial score (nSPS) is 14.7. The number of nitrogens with two attached hydrogens (primary N) is 1. The van der Waals surface area contributed by atoms with Gasteiger partial charge in [-0.15, -0.1) is 0 Å². The van der Waals surface area contributed by atoms with Gasteiger partial charge in [-0.1, -0.05) is 85.0 Å². The van der Waals surface area contributed by atoms with Crippen LogP contribution < -0.4 is 5.73 Å². The van der Waals surface area contributed by atoms with Crippen molar-refractivity contribution >= 4 is 66.8 Å². The summed E-state index contributed by atoms with van der Waals surface area (Å²) in [5.74, 6) is 2.43. The Morgan fingerprint density at radius 3 is 2.44 bits per heavy atom. The Bertz CT molecular complexity index is 2470. The van der Waals surface area contributed by atoms with Crippen LogP contribution >= 0.6 is 0 Å². The van der Waals surface area contributed by atoms with E-state index >= 15 is 0 Å². The predicted molar refractivity (Wildman–Crippen MR) is 185 cm³/mol. The van der Waals surface area contributed by atoms with E-state index in [-0.39, 0.29) is 5.84 Å². The van der Waals surface area contributed by atoms with Gasteiger partial charge in [-0.25, -0.2) is 4.99 Å². The average molecular weight is 584 g/mol. The number of nitrogens with one attached hydrogen (secondary N) is 1. The van der Waals surface area contributed by atoms with E-state index in [9.17, 15) is 0 Å². The highest BCUT2D eigenvalue weighted by molar-refractivity contribution is 6.28. The highest BCUT2D eigenvalue weighted by Gasteiger charge is 2.25. The van der Waals surface area contributed by atoms with Crippen LogP contribution in [0.5, 0.6) is 0 Å². The van der Waals surface area contributed by atoms with E-state index in [1.54, 1.807) is 0 Å². The number of allylic oxidation sites excluding steroid dienone is 2. The van der Waals surface area contributed by atoms with Crippen molar-refractivity contribution in [1.29, 1.82) is 5.41 Å². The summed E-state index contributed by atoms with van der Waals surface area (Å²) in [5.41, 5.74) is 14.3. The van der Waals surface area contributed by atoms with Crippen LogP contribution in [-0.2, 0) is 12.8 Å². The molecule has 2 heterocycles. The number of hydrogen-bond donors (Lipinski definition) is 2. The lowest BCUT2D eigenvalue weighted by atomic mass is 9.91. The molecule has 5 aromatic carbocycles. The molecule has 0 saturated heterocycles. The zero-order valence-corrected chi connectivity index (χ0v) is 24.6. The summed E-state index contributed by atoms with van der Waals surface area (Å²) in [6.07, 6.45) is 10.1. The first-order chi connectivity index (χ1) is 22.1. The molecule has 0 aliphatic heterocycles. The Morgan fingerprint density at radius 2 is 1.53 bits per heavy atom. The summed E-state index contributed by atoms with van der Waals surface area (Å²) in [6.45, 7) is 0. The largest absolute Gasteiger partial charge is 0.460 e. The van der Waals surface area contributed by atoms with Gasteiger partial charge in [-0.2, -0.15) is 0 Å². The summed E-state index contributed by atoms with van der Waals surface area (Å²) >= 11 is 0. The van der Waals surface area contributed by atoms with Crippen molar-refractivity contribution in [3.05, 3.63) is 131 Å². The van der Waals surface area contributed by atoms with E-state index in [1.165, 1.54) is 21.7 Å². The minimum absolute atomic E-state index is 0.138. The first-order valence-electron chi connectivity index (χ1n) is 15.4. The predicted octanol–water partition coefficient (Wildman–Crippen LogP) is 9.82. The molecule has 2 aliphatic carbocycles. The molecule has 7 aromatic rings. The molecule has 2 aromatic heterocycles. The Balaban J connectivity index is 1.12. The average Bonchev–Trinajstić information content (AvgIpc) is 3.65. The second-order valence-corrected chi connectivity index (χ2v) is 11.9. The maximum atomic E-state index is 8.72. The number of aliphatic imine (C=N–C) groups is 1. The maximum absolute atomic E-state index is 8.72. The molecule has 5 heteroatoms. The number of hydrogen-bond acceptors (Lipinski definition) is 3. The second kappa shape index (κ2) is 9.93. The van der Waals surface area contributed by atoms with Crippen molar-refractivity contribution in [3.63, 3.8) is 0 Å². The fourth-order valence-electron chi connectivity index (χ4n) is 7.10. The molecule has 9 rings (SSSR count). The molecule has 0 atom stereocenters. The molecule has 0 spiro atoms. The van der Waals surface area contributed by atoms with Gasteiger partial charge in [0, 0.05) is 45.9 Å². The van der Waals surface area contributed by atoms with Gasteiger partial charge in [0.05, 0.1) is 0 Å². The molecule has 3 N–H and O–H groups in total. The van der Waals surface area contributed by atoms with Crippen LogP contribution in [0.15, 0.2) is 117 Å². The third-order valence-corrected chi connectivity index (χ3v) is 9.23. The number of amidine groups is 2. The highest BCUT2D eigenvalue weighted by Crippen LogP contribution is 2.43. The van der Waals surface area contributed by atoms with Gasteiger partial charge in [0.1, 0.15) is 28.5 Å². The van der Waals surface area contributed by atoms with Crippen molar-refractivity contribution in [3.8, 4) is 11.1 Å². The van der Waals surface area contributed by atoms with Gasteiger partial charge in [0.25, 0.3) is 0 Å². The Kier molecular flexibility index (Phi) is 5.69. The lowest BCUT2D eigenvalue weighted by Gasteiger charge is -2.13. The summed E-state index contributed by atoms with van der Waals surface area (Å²) in [6, 6.07) is 31.2. The monoisotopic (exact) mass is 583 g/mol. The van der Waals surface area contributed by atoms with Crippen LogP contribution in [-0.4, -0.2) is 11.7 Å². The number of rotatable bonds is 3. The van der Waals surface area contributed by atoms with E-state index in [4.69, 9.17) is 20.0 Å². The molecule has 0 radical (unpaired) electrons. The number of benzene rings is 5. The molecule has 45 heavy (non-hydrogen) atoms. The SMILES string of the molecule is N=C(N=C(N)C1=CCCc2oc3cc(-c4cc5oc6c(c5c5ccccc45)C=CCC6)ccc3c21)c1ccc2ccccc2c1. The number of furan rings is 2. The smallest absolute Gasteiger partial charge is 0.154 e. The molecule has 0 fully saturated rings. The summed E-state index contributed by atoms with van der Waals surface area (Å²) in [7, 11) is 0. The van der Waals surface area contributed by atoms with Crippen molar-refractivity contribution in [2.75, 3.05) is 0 Å². The Labute approximate surface area is 259 Å². The highest BCUT2D eigenvalue weighted by atomic mass is 16.3. The minimum Gasteiger partial charge on any atom is -0.460 e. The third-order valence-electron chi connectivity index (χ3n) is 9.23. The minimum atomic E-state index is 0.138. The molecule has 0 saturated carbocycles. The summed E-state index contributed by atoms with van der Waals surface area (Å²) in [4.78, 5) is 4.57. The summed E-state index contributed by atoms with van der Waals surface area (Å²) < 4.78 is 12.9. The van der Waals surface area contributed by atoms with Crippen LogP contribution in [0.1, 0.15) is 41.1 Å². The van der Waals surface area contributed by atoms with Gasteiger partial charge < -0.3 is 14.6 Å². The lowest BCUT2D eigenvalue weighted by molar-refractivity contribution is 0.545. The standard InChI is InChI=1S/C40H29N3O2/c41-39(26-17-16-23-8-1-2-9-24(23)20-26)43-40(42)31-13-7-15-34-38(31)30-19-18-25(21-35(30)45-34)32-22-36-37(28-11-4-3-10-27(28)32)29-12-5-6-14-33(29)44-36/h1-5,8-13,16-22H,6-7,14-15H2,(H3,41,42,43). The zero-order valence-electron chi connectivity index (χ0n) is 24.6. The molecule has 5 nitrogen and oxygen atoms in total. The topological polar surface area (TPSA) is 88.5 Å². The number of fused-ring (bicyclic) bond motifs is 9.